The van der Waals surface area contributed by atoms with Gasteiger partial charge in [0.15, 0.2) is 11.5 Å². The molecule has 148 valence electrons. The number of hydrogen-bond donors (Lipinski definition) is 2. The van der Waals surface area contributed by atoms with E-state index in [4.69, 9.17) is 25.8 Å². The summed E-state index contributed by atoms with van der Waals surface area (Å²) >= 11 is 6.24. The van der Waals surface area contributed by atoms with Gasteiger partial charge < -0.3 is 24.8 Å². The molecule has 2 aliphatic heterocycles. The molecule has 1 unspecified atom stereocenters. The topological polar surface area (TPSA) is 68.8 Å². The van der Waals surface area contributed by atoms with Crippen LogP contribution in [0.15, 0.2) is 36.4 Å². The predicted octanol–water partition coefficient (Wildman–Crippen LogP) is 3.20. The second-order valence-electron chi connectivity index (χ2n) is 6.98. The Hall–Kier alpha value is -2.60. The number of para-hydroxylation sites is 1. The normalized spacial score (nSPS) is 17.2. The van der Waals surface area contributed by atoms with Crippen molar-refractivity contribution in [3.05, 3.63) is 52.5 Å². The highest BCUT2D eigenvalue weighted by molar-refractivity contribution is 6.32. The Kier molecular flexibility index (Phi) is 5.76. The lowest BCUT2D eigenvalue weighted by atomic mass is 9.97. The average molecular weight is 403 g/mol. The number of urea groups is 1. The molecule has 2 aromatic rings. The van der Waals surface area contributed by atoms with Crippen molar-refractivity contribution in [2.75, 3.05) is 32.9 Å². The van der Waals surface area contributed by atoms with Crippen LogP contribution in [0.1, 0.15) is 11.1 Å². The summed E-state index contributed by atoms with van der Waals surface area (Å²) in [5, 5.41) is 6.35. The van der Waals surface area contributed by atoms with Crippen LogP contribution in [0.4, 0.5) is 4.79 Å². The number of rotatable bonds is 5. The Morgan fingerprint density at radius 2 is 1.93 bits per heavy atom. The van der Waals surface area contributed by atoms with Gasteiger partial charge in [-0.25, -0.2) is 4.79 Å². The van der Waals surface area contributed by atoms with Gasteiger partial charge in [-0.05, 0) is 42.2 Å². The summed E-state index contributed by atoms with van der Waals surface area (Å²) in [6, 6.07) is 11.6. The van der Waals surface area contributed by atoms with Crippen LogP contribution in [0, 0.1) is 5.92 Å². The average Bonchev–Trinajstić information content (AvgIpc) is 2.72. The van der Waals surface area contributed by atoms with Gasteiger partial charge in [0, 0.05) is 19.0 Å². The van der Waals surface area contributed by atoms with Crippen molar-refractivity contribution in [3.8, 4) is 17.2 Å². The number of carbonyl (C=O) groups excluding carboxylic acids is 1. The summed E-state index contributed by atoms with van der Waals surface area (Å²) in [4.78, 5) is 12.1. The zero-order valence-electron chi connectivity index (χ0n) is 15.5. The van der Waals surface area contributed by atoms with Gasteiger partial charge in [0.05, 0.1) is 11.6 Å². The Bertz CT molecular complexity index is 858. The molecule has 0 aromatic heterocycles. The van der Waals surface area contributed by atoms with E-state index in [1.54, 1.807) is 0 Å². The summed E-state index contributed by atoms with van der Waals surface area (Å²) in [5.74, 6) is 2.48. The number of fused-ring (bicyclic) bond motifs is 2. The first-order valence-corrected chi connectivity index (χ1v) is 9.87. The van der Waals surface area contributed by atoms with E-state index in [0.717, 1.165) is 17.7 Å². The zero-order valence-corrected chi connectivity index (χ0v) is 16.3. The molecule has 0 fully saturated rings. The van der Waals surface area contributed by atoms with Crippen molar-refractivity contribution in [1.29, 1.82) is 0 Å². The molecule has 1 atom stereocenters. The first-order chi connectivity index (χ1) is 13.7. The van der Waals surface area contributed by atoms with E-state index in [1.165, 1.54) is 5.56 Å². The maximum absolute atomic E-state index is 12.1. The van der Waals surface area contributed by atoms with Gasteiger partial charge >= 0.3 is 6.03 Å². The second kappa shape index (κ2) is 8.61. The van der Waals surface area contributed by atoms with Gasteiger partial charge in [0.25, 0.3) is 0 Å². The zero-order chi connectivity index (χ0) is 19.3. The molecule has 4 rings (SSSR count). The molecular weight excluding hydrogens is 380 g/mol. The van der Waals surface area contributed by atoms with E-state index in [2.05, 4.69) is 16.7 Å². The molecule has 2 amide bonds. The van der Waals surface area contributed by atoms with E-state index >= 15 is 0 Å². The predicted molar refractivity (Wildman–Crippen MR) is 107 cm³/mol. The molecule has 7 heteroatoms. The lowest BCUT2D eigenvalue weighted by Crippen LogP contribution is -2.41. The number of benzene rings is 2. The van der Waals surface area contributed by atoms with E-state index in [9.17, 15) is 4.79 Å². The lowest BCUT2D eigenvalue weighted by Gasteiger charge is -2.25. The minimum absolute atomic E-state index is 0.178. The smallest absolute Gasteiger partial charge is 0.314 e. The van der Waals surface area contributed by atoms with E-state index in [0.29, 0.717) is 55.9 Å². The molecule has 2 aromatic carbocycles. The largest absolute Gasteiger partial charge is 0.493 e. The monoisotopic (exact) mass is 402 g/mol. The van der Waals surface area contributed by atoms with Crippen molar-refractivity contribution < 1.29 is 19.0 Å². The van der Waals surface area contributed by atoms with Crippen LogP contribution in [0.5, 0.6) is 17.2 Å². The summed E-state index contributed by atoms with van der Waals surface area (Å²) in [5.41, 5.74) is 2.18. The third kappa shape index (κ3) is 4.44. The number of ether oxygens (including phenoxy) is 3. The van der Waals surface area contributed by atoms with Crippen LogP contribution in [0.25, 0.3) is 0 Å². The fraction of sp³-hybridized carbons (Fsp3) is 0.381. The summed E-state index contributed by atoms with van der Waals surface area (Å²) in [6.07, 6.45) is 1.57. The summed E-state index contributed by atoms with van der Waals surface area (Å²) in [6.45, 7) is 2.73. The SMILES string of the molecule is O=C(NCCc1cc(Cl)c2c(c1)OCCO2)NCC1COc2ccccc2C1. The molecule has 2 heterocycles. The minimum atomic E-state index is -0.178. The van der Waals surface area contributed by atoms with Crippen LogP contribution in [-0.2, 0) is 12.8 Å². The molecule has 0 aliphatic carbocycles. The first-order valence-electron chi connectivity index (χ1n) is 9.49. The van der Waals surface area contributed by atoms with Gasteiger partial charge in [-0.1, -0.05) is 29.8 Å². The van der Waals surface area contributed by atoms with Crippen molar-refractivity contribution >= 4 is 17.6 Å². The Labute approximate surface area is 169 Å². The van der Waals surface area contributed by atoms with Crippen LogP contribution in [-0.4, -0.2) is 38.9 Å². The van der Waals surface area contributed by atoms with Crippen LogP contribution >= 0.6 is 11.6 Å². The first kappa shape index (κ1) is 18.7. The Morgan fingerprint density at radius 3 is 2.86 bits per heavy atom. The highest BCUT2D eigenvalue weighted by Crippen LogP contribution is 2.38. The Morgan fingerprint density at radius 1 is 1.07 bits per heavy atom. The lowest BCUT2D eigenvalue weighted by molar-refractivity contribution is 0.171. The third-order valence-corrected chi connectivity index (χ3v) is 5.14. The van der Waals surface area contributed by atoms with Crippen molar-refractivity contribution in [1.82, 2.24) is 10.6 Å². The van der Waals surface area contributed by atoms with E-state index in [1.807, 2.05) is 30.3 Å². The molecule has 2 aliphatic rings. The quantitative estimate of drug-likeness (QED) is 0.805. The van der Waals surface area contributed by atoms with E-state index < -0.39 is 0 Å². The number of hydrogen-bond acceptors (Lipinski definition) is 4. The van der Waals surface area contributed by atoms with Crippen molar-refractivity contribution in [3.63, 3.8) is 0 Å². The fourth-order valence-corrected chi connectivity index (χ4v) is 3.74. The highest BCUT2D eigenvalue weighted by atomic mass is 35.5. The molecule has 0 bridgehead atoms. The maximum Gasteiger partial charge on any atom is 0.314 e. The van der Waals surface area contributed by atoms with E-state index in [-0.39, 0.29) is 11.9 Å². The van der Waals surface area contributed by atoms with Crippen LogP contribution in [0.2, 0.25) is 5.02 Å². The number of carbonyl (C=O) groups is 1. The third-order valence-electron chi connectivity index (χ3n) is 4.86. The molecule has 6 nitrogen and oxygen atoms in total. The standard InChI is InChI=1S/C21H23ClN2O4/c22-17-10-14(11-19-20(17)27-8-7-26-19)5-6-23-21(25)24-12-15-9-16-3-1-2-4-18(16)28-13-15/h1-4,10-11,15H,5-9,12-13H2,(H2,23,24,25). The van der Waals surface area contributed by atoms with Gasteiger partial charge in [0.1, 0.15) is 19.0 Å². The second-order valence-corrected chi connectivity index (χ2v) is 7.38. The summed E-state index contributed by atoms with van der Waals surface area (Å²) in [7, 11) is 0. The molecule has 0 saturated heterocycles. The molecule has 28 heavy (non-hydrogen) atoms. The summed E-state index contributed by atoms with van der Waals surface area (Å²) < 4.78 is 16.9. The minimum Gasteiger partial charge on any atom is -0.493 e. The van der Waals surface area contributed by atoms with Crippen molar-refractivity contribution in [2.45, 2.75) is 12.8 Å². The highest BCUT2D eigenvalue weighted by Gasteiger charge is 2.20. The van der Waals surface area contributed by atoms with Gasteiger partial charge in [-0.3, -0.25) is 0 Å². The van der Waals surface area contributed by atoms with Crippen LogP contribution < -0.4 is 24.8 Å². The number of nitrogens with one attached hydrogen (secondary N) is 2. The molecule has 0 saturated carbocycles. The number of amides is 2. The molecule has 2 N–H and O–H groups in total. The van der Waals surface area contributed by atoms with Gasteiger partial charge in [-0.15, -0.1) is 0 Å². The molecular formula is C21H23ClN2O4. The molecule has 0 spiro atoms. The van der Waals surface area contributed by atoms with Gasteiger partial charge in [0.2, 0.25) is 0 Å². The maximum atomic E-state index is 12.1. The van der Waals surface area contributed by atoms with Gasteiger partial charge in [-0.2, -0.15) is 0 Å². The number of halogens is 1. The molecule has 0 radical (unpaired) electrons. The van der Waals surface area contributed by atoms with Crippen LogP contribution in [0.3, 0.4) is 0 Å². The fourth-order valence-electron chi connectivity index (χ4n) is 3.45. The van der Waals surface area contributed by atoms with Crippen molar-refractivity contribution in [2.24, 2.45) is 5.92 Å². The Balaban J connectivity index is 1.21.